The molecule has 0 saturated carbocycles. The Morgan fingerprint density at radius 2 is 1.61 bits per heavy atom. The van der Waals surface area contributed by atoms with E-state index in [1.165, 1.54) is 12.8 Å². The van der Waals surface area contributed by atoms with Gasteiger partial charge >= 0.3 is 0 Å². The minimum absolute atomic E-state index is 0.0262. The second kappa shape index (κ2) is 9.02. The van der Waals surface area contributed by atoms with Crippen LogP contribution < -0.4 is 4.74 Å². The molecule has 3 aliphatic heterocycles. The van der Waals surface area contributed by atoms with Gasteiger partial charge in [0.2, 0.25) is 5.91 Å². The smallest absolute Gasteiger partial charge is 0.285 e. The molecule has 0 aliphatic carbocycles. The number of carbonyl (C=O) groups is 1. The van der Waals surface area contributed by atoms with E-state index in [1.807, 2.05) is 16.7 Å². The third kappa shape index (κ3) is 4.49. The van der Waals surface area contributed by atoms with E-state index in [4.69, 9.17) is 4.74 Å². The molecule has 0 atom stereocenters. The number of sulfonamides is 1. The number of piperidine rings is 1. The molecule has 168 valence electrons. The first-order valence-electron chi connectivity index (χ1n) is 11.1. The minimum atomic E-state index is -3.75. The number of amidine groups is 1. The lowest BCUT2D eigenvalue weighted by atomic mass is 9.94. The Kier molecular flexibility index (Phi) is 6.36. The minimum Gasteiger partial charge on any atom is -0.497 e. The van der Waals surface area contributed by atoms with Crippen LogP contribution in [0.2, 0.25) is 0 Å². The highest BCUT2D eigenvalue weighted by Gasteiger charge is 2.36. The summed E-state index contributed by atoms with van der Waals surface area (Å²) < 4.78 is 34.9. The van der Waals surface area contributed by atoms with E-state index < -0.39 is 10.0 Å². The lowest BCUT2D eigenvalue weighted by Crippen LogP contribution is -2.44. The molecule has 8 heteroatoms. The first kappa shape index (κ1) is 21.9. The maximum absolute atomic E-state index is 13.0. The van der Waals surface area contributed by atoms with E-state index in [0.717, 1.165) is 38.8 Å². The van der Waals surface area contributed by atoms with Gasteiger partial charge in [0.05, 0.1) is 7.11 Å². The fraction of sp³-hybridized carbons (Fsp3) is 0.565. The van der Waals surface area contributed by atoms with Crippen LogP contribution in [-0.2, 0) is 14.8 Å². The van der Waals surface area contributed by atoms with Crippen molar-refractivity contribution in [2.45, 2.75) is 45.4 Å². The molecular weight excluding hydrogens is 414 g/mol. The van der Waals surface area contributed by atoms with Crippen LogP contribution in [0.5, 0.6) is 5.75 Å². The zero-order valence-electron chi connectivity index (χ0n) is 18.3. The highest BCUT2D eigenvalue weighted by molar-refractivity contribution is 8.00. The summed E-state index contributed by atoms with van der Waals surface area (Å²) in [6.07, 6.45) is 6.07. The van der Waals surface area contributed by atoms with Crippen LogP contribution >= 0.6 is 0 Å². The van der Waals surface area contributed by atoms with Gasteiger partial charge in [0.15, 0.2) is 0 Å². The van der Waals surface area contributed by atoms with Crippen molar-refractivity contribution < 1.29 is 17.9 Å². The quantitative estimate of drug-likeness (QED) is 0.713. The van der Waals surface area contributed by atoms with Crippen LogP contribution in [0.4, 0.5) is 0 Å². The number of likely N-dealkylation sites (tertiary alicyclic amines) is 2. The topological polar surface area (TPSA) is 79.3 Å². The summed E-state index contributed by atoms with van der Waals surface area (Å²) in [5.41, 5.74) is 1.28. The number of carbonyl (C=O) groups excluding carboxylic acids is 1. The summed E-state index contributed by atoms with van der Waals surface area (Å²) >= 11 is 0. The van der Waals surface area contributed by atoms with Crippen molar-refractivity contribution >= 4 is 26.7 Å². The Morgan fingerprint density at radius 1 is 1.00 bits per heavy atom. The van der Waals surface area contributed by atoms with E-state index in [1.54, 1.807) is 31.4 Å². The molecule has 3 aliphatic rings. The van der Waals surface area contributed by atoms with Crippen molar-refractivity contribution in [3.8, 4) is 5.75 Å². The van der Waals surface area contributed by atoms with Gasteiger partial charge in [-0.2, -0.15) is 8.42 Å². The van der Waals surface area contributed by atoms with Crippen molar-refractivity contribution in [1.29, 1.82) is 0 Å². The van der Waals surface area contributed by atoms with E-state index in [0.29, 0.717) is 35.8 Å². The first-order valence-corrected chi connectivity index (χ1v) is 12.6. The fourth-order valence-electron chi connectivity index (χ4n) is 4.81. The Labute approximate surface area is 184 Å². The molecule has 3 heterocycles. The lowest BCUT2D eigenvalue weighted by Gasteiger charge is -2.35. The summed E-state index contributed by atoms with van der Waals surface area (Å²) in [4.78, 5) is 17.3. The molecule has 0 N–H and O–H groups in total. The molecule has 0 aromatic heterocycles. The Hall–Kier alpha value is -2.35. The van der Waals surface area contributed by atoms with Gasteiger partial charge in [-0.3, -0.25) is 4.79 Å². The van der Waals surface area contributed by atoms with Crippen LogP contribution in [0.3, 0.4) is 0 Å². The van der Waals surface area contributed by atoms with Crippen molar-refractivity contribution in [2.75, 3.05) is 33.3 Å². The molecule has 1 aromatic rings. The zero-order valence-corrected chi connectivity index (χ0v) is 19.2. The number of methoxy groups -OCH3 is 1. The number of ether oxygens (including phenoxy) is 1. The van der Waals surface area contributed by atoms with Crippen LogP contribution in [0, 0.1) is 5.92 Å². The van der Waals surface area contributed by atoms with Gasteiger partial charge in [0, 0.05) is 37.7 Å². The summed E-state index contributed by atoms with van der Waals surface area (Å²) in [5, 5.41) is 0. The van der Waals surface area contributed by atoms with Crippen LogP contribution in [-0.4, -0.2) is 63.2 Å². The standard InChI is InChI=1S/C23H31N3O4S/c1-17-21(18-7-9-20(30-2)10-8-18)31(28,29)24-22(17)25-15-11-19(12-16-25)23(27)26-13-5-3-4-6-14-26/h7-10,19H,3-6,11-16H2,1-2H3. The number of hydrogen-bond donors (Lipinski definition) is 0. The summed E-state index contributed by atoms with van der Waals surface area (Å²) in [6.45, 7) is 4.85. The number of hydrogen-bond acceptors (Lipinski definition) is 5. The summed E-state index contributed by atoms with van der Waals surface area (Å²) in [5.74, 6) is 1.49. The van der Waals surface area contributed by atoms with Crippen molar-refractivity contribution in [3.63, 3.8) is 0 Å². The molecule has 4 rings (SSSR count). The molecule has 0 unspecified atom stereocenters. The lowest BCUT2D eigenvalue weighted by molar-refractivity contribution is -0.136. The van der Waals surface area contributed by atoms with Gasteiger partial charge < -0.3 is 14.5 Å². The molecule has 2 fully saturated rings. The van der Waals surface area contributed by atoms with Crippen molar-refractivity contribution in [3.05, 3.63) is 35.4 Å². The second-order valence-electron chi connectivity index (χ2n) is 8.57. The maximum atomic E-state index is 13.0. The number of rotatable bonds is 3. The Bertz CT molecular complexity index is 982. The molecule has 0 bridgehead atoms. The van der Waals surface area contributed by atoms with Crippen LogP contribution in [0.25, 0.3) is 4.91 Å². The van der Waals surface area contributed by atoms with E-state index >= 15 is 0 Å². The molecule has 0 spiro atoms. The third-order valence-electron chi connectivity index (χ3n) is 6.55. The van der Waals surface area contributed by atoms with Gasteiger partial charge in [0.1, 0.15) is 16.5 Å². The molecule has 1 aromatic carbocycles. The average Bonchev–Trinajstić information content (AvgIpc) is 2.96. The van der Waals surface area contributed by atoms with E-state index in [9.17, 15) is 13.2 Å². The van der Waals surface area contributed by atoms with Gasteiger partial charge in [-0.1, -0.05) is 12.8 Å². The van der Waals surface area contributed by atoms with Crippen molar-refractivity contribution in [2.24, 2.45) is 10.3 Å². The SMILES string of the molecule is COc1ccc(C2=C(C)C(N3CCC(C(=O)N4CCCCCC4)CC3)=NS2(=O)=O)cc1. The second-order valence-corrected chi connectivity index (χ2v) is 10.1. The monoisotopic (exact) mass is 445 g/mol. The molecule has 1 amide bonds. The largest absolute Gasteiger partial charge is 0.497 e. The van der Waals surface area contributed by atoms with Crippen LogP contribution in [0.1, 0.15) is 51.0 Å². The first-order chi connectivity index (χ1) is 14.9. The average molecular weight is 446 g/mol. The fourth-order valence-corrected chi connectivity index (χ4v) is 6.30. The molecule has 2 saturated heterocycles. The van der Waals surface area contributed by atoms with Gasteiger partial charge in [-0.05, 0) is 62.4 Å². The van der Waals surface area contributed by atoms with Gasteiger partial charge in [0.25, 0.3) is 10.0 Å². The number of benzene rings is 1. The third-order valence-corrected chi connectivity index (χ3v) is 8.03. The predicted molar refractivity (Wildman–Crippen MR) is 121 cm³/mol. The van der Waals surface area contributed by atoms with E-state index in [-0.39, 0.29) is 16.7 Å². The van der Waals surface area contributed by atoms with Crippen LogP contribution in [0.15, 0.2) is 34.2 Å². The Morgan fingerprint density at radius 3 is 2.19 bits per heavy atom. The molecule has 31 heavy (non-hydrogen) atoms. The molecule has 0 radical (unpaired) electrons. The summed E-state index contributed by atoms with van der Waals surface area (Å²) in [6, 6.07) is 7.01. The normalized spacial score (nSPS) is 22.3. The highest BCUT2D eigenvalue weighted by atomic mass is 32.2. The number of amides is 1. The van der Waals surface area contributed by atoms with Gasteiger partial charge in [-0.25, -0.2) is 0 Å². The number of nitrogens with zero attached hydrogens (tertiary/aromatic N) is 3. The molecule has 7 nitrogen and oxygen atoms in total. The zero-order chi connectivity index (χ0) is 22.0. The van der Waals surface area contributed by atoms with Crippen molar-refractivity contribution in [1.82, 2.24) is 9.80 Å². The van der Waals surface area contributed by atoms with E-state index in [2.05, 4.69) is 4.40 Å². The van der Waals surface area contributed by atoms with Gasteiger partial charge in [-0.15, -0.1) is 4.40 Å². The highest BCUT2D eigenvalue weighted by Crippen LogP contribution is 2.35. The maximum Gasteiger partial charge on any atom is 0.285 e. The predicted octanol–water partition coefficient (Wildman–Crippen LogP) is 3.28. The molecular formula is C23H31N3O4S. The Balaban J connectivity index is 1.46. The summed E-state index contributed by atoms with van der Waals surface area (Å²) in [7, 11) is -2.17.